The minimum atomic E-state index is -0.703. The first-order valence-electron chi connectivity index (χ1n) is 9.29. The number of nitrogens with two attached hydrogens (primary N) is 1. The Morgan fingerprint density at radius 1 is 0.759 bits per heavy atom. The molecule has 6 heteroatoms. The molecule has 0 aliphatic heterocycles. The van der Waals surface area contributed by atoms with Gasteiger partial charge in [-0.05, 0) is 42.0 Å². The number of hydrogen-bond acceptors (Lipinski definition) is 4. The maximum atomic E-state index is 13.3. The third kappa shape index (κ3) is 5.00. The number of carbonyl (C=O) groups is 2. The molecule has 148 valence electrons. The molecule has 0 saturated carbocycles. The zero-order chi connectivity index (χ0) is 20.6. The Balaban J connectivity index is 1.92. The van der Waals surface area contributed by atoms with Gasteiger partial charge in [0.25, 0.3) is 0 Å². The summed E-state index contributed by atoms with van der Waals surface area (Å²) in [5, 5.41) is 9.42. The molecule has 0 unspecified atom stereocenters. The first-order chi connectivity index (χ1) is 14.1. The van der Waals surface area contributed by atoms with E-state index >= 15 is 0 Å². The molecule has 0 saturated heterocycles. The summed E-state index contributed by atoms with van der Waals surface area (Å²) in [6.45, 7) is 0.0548. The number of nitrogens with zero attached hydrogens (tertiary/aromatic N) is 2. The van der Waals surface area contributed by atoms with Gasteiger partial charge in [0.05, 0.1) is 6.61 Å². The highest BCUT2D eigenvalue weighted by atomic mass is 16.3. The van der Waals surface area contributed by atoms with Crippen LogP contribution in [0.15, 0.2) is 84.9 Å². The maximum absolute atomic E-state index is 13.3. The van der Waals surface area contributed by atoms with Crippen LogP contribution in [0.1, 0.15) is 5.56 Å². The average molecular weight is 389 g/mol. The van der Waals surface area contributed by atoms with Gasteiger partial charge in [-0.2, -0.15) is 0 Å². The molecule has 3 N–H and O–H groups in total. The van der Waals surface area contributed by atoms with Crippen molar-refractivity contribution >= 4 is 28.9 Å². The summed E-state index contributed by atoms with van der Waals surface area (Å²) in [4.78, 5) is 29.1. The molecule has 3 rings (SSSR count). The fraction of sp³-hybridized carbons (Fsp3) is 0.130. The largest absolute Gasteiger partial charge is 0.399 e. The number of rotatable bonds is 6. The van der Waals surface area contributed by atoms with Gasteiger partial charge in [-0.15, -0.1) is 0 Å². The molecular weight excluding hydrogens is 366 g/mol. The first kappa shape index (κ1) is 20.1. The summed E-state index contributed by atoms with van der Waals surface area (Å²) in [6, 6.07) is 25.1. The number of benzene rings is 3. The molecule has 2 amide bonds. The van der Waals surface area contributed by atoms with Crippen LogP contribution in [-0.4, -0.2) is 35.0 Å². The van der Waals surface area contributed by atoms with Gasteiger partial charge in [0, 0.05) is 30.2 Å². The quantitative estimate of drug-likeness (QED) is 0.501. The van der Waals surface area contributed by atoms with E-state index in [0.29, 0.717) is 17.1 Å². The zero-order valence-corrected chi connectivity index (χ0v) is 15.9. The van der Waals surface area contributed by atoms with Crippen molar-refractivity contribution in [1.82, 2.24) is 4.90 Å². The lowest BCUT2D eigenvalue weighted by molar-refractivity contribution is -0.144. The van der Waals surface area contributed by atoms with E-state index in [9.17, 15) is 14.7 Å². The average Bonchev–Trinajstić information content (AvgIpc) is 2.76. The van der Waals surface area contributed by atoms with Crippen LogP contribution in [0.3, 0.4) is 0 Å². The van der Waals surface area contributed by atoms with Gasteiger partial charge < -0.3 is 15.7 Å². The summed E-state index contributed by atoms with van der Waals surface area (Å²) in [5.74, 6) is -1.39. The third-order valence-electron chi connectivity index (χ3n) is 4.43. The van der Waals surface area contributed by atoms with E-state index in [1.165, 1.54) is 9.80 Å². The van der Waals surface area contributed by atoms with Gasteiger partial charge in [-0.1, -0.05) is 48.5 Å². The van der Waals surface area contributed by atoms with Crippen LogP contribution < -0.4 is 10.6 Å². The second-order valence-corrected chi connectivity index (χ2v) is 6.50. The lowest BCUT2D eigenvalue weighted by Gasteiger charge is -2.27. The van der Waals surface area contributed by atoms with Crippen molar-refractivity contribution in [3.05, 3.63) is 90.5 Å². The van der Waals surface area contributed by atoms with E-state index in [0.717, 1.165) is 5.56 Å². The van der Waals surface area contributed by atoms with Gasteiger partial charge >= 0.3 is 11.8 Å². The summed E-state index contributed by atoms with van der Waals surface area (Å²) >= 11 is 0. The molecule has 0 radical (unpaired) electrons. The van der Waals surface area contributed by atoms with Crippen molar-refractivity contribution < 1.29 is 14.7 Å². The molecule has 0 aromatic heterocycles. The molecule has 0 heterocycles. The topological polar surface area (TPSA) is 86.9 Å². The number of nitrogen functional groups attached to an aromatic ring is 1. The van der Waals surface area contributed by atoms with Crippen molar-refractivity contribution in [3.8, 4) is 0 Å². The van der Waals surface area contributed by atoms with Crippen LogP contribution in [0.5, 0.6) is 0 Å². The van der Waals surface area contributed by atoms with Crippen molar-refractivity contribution in [3.63, 3.8) is 0 Å². The lowest BCUT2D eigenvalue weighted by Crippen LogP contribution is -2.44. The van der Waals surface area contributed by atoms with Gasteiger partial charge in [-0.25, -0.2) is 0 Å². The molecule has 0 spiro atoms. The summed E-state index contributed by atoms with van der Waals surface area (Å²) in [5.41, 5.74) is 8.31. The zero-order valence-electron chi connectivity index (χ0n) is 15.9. The number of hydrogen-bond donors (Lipinski definition) is 2. The Bertz CT molecular complexity index is 944. The number of carbonyl (C=O) groups excluding carboxylic acids is 2. The molecule has 0 aliphatic carbocycles. The Morgan fingerprint density at radius 2 is 1.31 bits per heavy atom. The summed E-state index contributed by atoms with van der Waals surface area (Å²) in [6.07, 6.45) is 0. The SMILES string of the molecule is Nc1ccc(N(C(=O)C(=O)N(CCO)Cc2ccccc2)c2ccccc2)cc1. The second-order valence-electron chi connectivity index (χ2n) is 6.50. The molecule has 3 aromatic carbocycles. The van der Waals surface area contributed by atoms with Gasteiger partial charge in [0.2, 0.25) is 0 Å². The van der Waals surface area contributed by atoms with Crippen LogP contribution in [0.2, 0.25) is 0 Å². The van der Waals surface area contributed by atoms with Gasteiger partial charge in [0.1, 0.15) is 0 Å². The maximum Gasteiger partial charge on any atom is 0.321 e. The Hall–Kier alpha value is -3.64. The van der Waals surface area contributed by atoms with E-state index in [2.05, 4.69) is 0 Å². The number of para-hydroxylation sites is 1. The molecule has 0 bridgehead atoms. The lowest BCUT2D eigenvalue weighted by atomic mass is 10.2. The van der Waals surface area contributed by atoms with Crippen molar-refractivity contribution in [2.45, 2.75) is 6.54 Å². The van der Waals surface area contributed by atoms with Crippen LogP contribution in [0.25, 0.3) is 0 Å². The smallest absolute Gasteiger partial charge is 0.321 e. The Morgan fingerprint density at radius 3 is 1.90 bits per heavy atom. The van der Waals surface area contributed by atoms with Gasteiger partial charge in [-0.3, -0.25) is 14.5 Å². The molecule has 0 fully saturated rings. The summed E-state index contributed by atoms with van der Waals surface area (Å²) in [7, 11) is 0. The van der Waals surface area contributed by atoms with Crippen molar-refractivity contribution in [2.75, 3.05) is 23.8 Å². The number of anilines is 3. The molecule has 3 aromatic rings. The fourth-order valence-corrected chi connectivity index (χ4v) is 2.99. The minimum Gasteiger partial charge on any atom is -0.399 e. The first-order valence-corrected chi connectivity index (χ1v) is 9.29. The Kier molecular flexibility index (Phi) is 6.60. The Labute approximate surface area is 169 Å². The van der Waals surface area contributed by atoms with Crippen LogP contribution in [0.4, 0.5) is 17.1 Å². The number of amides is 2. The fourth-order valence-electron chi connectivity index (χ4n) is 2.99. The highest BCUT2D eigenvalue weighted by molar-refractivity contribution is 6.41. The molecule has 29 heavy (non-hydrogen) atoms. The monoisotopic (exact) mass is 389 g/mol. The van der Waals surface area contributed by atoms with E-state index in [1.807, 2.05) is 36.4 Å². The van der Waals surface area contributed by atoms with Crippen LogP contribution in [0, 0.1) is 0 Å². The van der Waals surface area contributed by atoms with Gasteiger partial charge in [0.15, 0.2) is 0 Å². The standard InChI is InChI=1S/C23H23N3O3/c24-19-11-13-21(14-12-19)26(20-9-5-2-6-10-20)23(29)22(28)25(15-16-27)17-18-7-3-1-4-8-18/h1-14,27H,15-17,24H2. The third-order valence-corrected chi connectivity index (χ3v) is 4.43. The molecule has 0 aliphatic rings. The molecule has 6 nitrogen and oxygen atoms in total. The number of aliphatic hydroxyl groups is 1. The normalized spacial score (nSPS) is 10.4. The van der Waals surface area contributed by atoms with E-state index in [-0.39, 0.29) is 19.7 Å². The molecular formula is C23H23N3O3. The summed E-state index contributed by atoms with van der Waals surface area (Å²) < 4.78 is 0. The van der Waals surface area contributed by atoms with Crippen LogP contribution >= 0.6 is 0 Å². The van der Waals surface area contributed by atoms with Crippen molar-refractivity contribution in [1.29, 1.82) is 0 Å². The second kappa shape index (κ2) is 9.52. The highest BCUT2D eigenvalue weighted by Gasteiger charge is 2.29. The predicted molar refractivity (Wildman–Crippen MR) is 113 cm³/mol. The van der Waals surface area contributed by atoms with Crippen LogP contribution in [-0.2, 0) is 16.1 Å². The predicted octanol–water partition coefficient (Wildman–Crippen LogP) is 2.95. The highest BCUT2D eigenvalue weighted by Crippen LogP contribution is 2.27. The van der Waals surface area contributed by atoms with Crippen molar-refractivity contribution in [2.24, 2.45) is 0 Å². The van der Waals surface area contributed by atoms with E-state index in [4.69, 9.17) is 5.73 Å². The van der Waals surface area contributed by atoms with E-state index < -0.39 is 11.8 Å². The minimum absolute atomic E-state index is 0.0594. The van der Waals surface area contributed by atoms with E-state index in [1.54, 1.807) is 48.5 Å². The number of aliphatic hydroxyl groups excluding tert-OH is 1. The molecule has 0 atom stereocenters.